The SMILES string of the molecule is CCOC(=O)c1cc(CC)sc1NC(=O)CSc1nnc(-c2cccc(Cl)c2)n1C. The van der Waals surface area contributed by atoms with Crippen LogP contribution in [0.1, 0.15) is 29.1 Å². The fourth-order valence-electron chi connectivity index (χ4n) is 2.68. The van der Waals surface area contributed by atoms with Crippen LogP contribution in [0, 0.1) is 0 Å². The zero-order valence-electron chi connectivity index (χ0n) is 16.8. The summed E-state index contributed by atoms with van der Waals surface area (Å²) in [6, 6.07) is 9.12. The number of nitrogens with one attached hydrogen (secondary N) is 1. The first-order valence-corrected chi connectivity index (χ1v) is 11.5. The predicted molar refractivity (Wildman–Crippen MR) is 120 cm³/mol. The molecule has 1 aromatic carbocycles. The number of hydrogen-bond acceptors (Lipinski definition) is 7. The molecule has 0 saturated carbocycles. The highest BCUT2D eigenvalue weighted by atomic mass is 35.5. The third-order valence-electron chi connectivity index (χ3n) is 4.13. The van der Waals surface area contributed by atoms with Crippen molar-refractivity contribution < 1.29 is 14.3 Å². The Hall–Kier alpha value is -2.36. The molecule has 2 aromatic heterocycles. The van der Waals surface area contributed by atoms with Crippen molar-refractivity contribution in [1.29, 1.82) is 0 Å². The van der Waals surface area contributed by atoms with Crippen LogP contribution in [0.4, 0.5) is 5.00 Å². The number of carbonyl (C=O) groups is 2. The second kappa shape index (κ2) is 10.1. The lowest BCUT2D eigenvalue weighted by atomic mass is 10.2. The predicted octanol–water partition coefficient (Wildman–Crippen LogP) is 4.67. The topological polar surface area (TPSA) is 86.1 Å². The molecule has 0 aliphatic heterocycles. The van der Waals surface area contributed by atoms with Crippen LogP contribution in [-0.2, 0) is 23.0 Å². The van der Waals surface area contributed by atoms with Crippen molar-refractivity contribution in [2.75, 3.05) is 17.7 Å². The molecule has 7 nitrogen and oxygen atoms in total. The number of rotatable bonds is 8. The zero-order chi connectivity index (χ0) is 21.7. The van der Waals surface area contributed by atoms with Crippen LogP contribution < -0.4 is 5.32 Å². The monoisotopic (exact) mass is 464 g/mol. The second-order valence-electron chi connectivity index (χ2n) is 6.24. The van der Waals surface area contributed by atoms with E-state index >= 15 is 0 Å². The van der Waals surface area contributed by atoms with Gasteiger partial charge >= 0.3 is 5.97 Å². The number of amides is 1. The second-order valence-corrected chi connectivity index (χ2v) is 8.76. The highest BCUT2D eigenvalue weighted by Gasteiger charge is 2.19. The molecule has 0 radical (unpaired) electrons. The number of aromatic nitrogens is 3. The van der Waals surface area contributed by atoms with Crippen LogP contribution in [0.15, 0.2) is 35.5 Å². The Labute approximate surface area is 187 Å². The van der Waals surface area contributed by atoms with Crippen molar-refractivity contribution in [2.24, 2.45) is 7.05 Å². The van der Waals surface area contributed by atoms with Gasteiger partial charge in [0.05, 0.1) is 17.9 Å². The summed E-state index contributed by atoms with van der Waals surface area (Å²) in [6.45, 7) is 4.02. The van der Waals surface area contributed by atoms with E-state index in [1.807, 2.05) is 36.7 Å². The molecule has 0 unspecified atom stereocenters. The fraction of sp³-hybridized carbons (Fsp3) is 0.300. The number of carbonyl (C=O) groups excluding carboxylic acids is 2. The fourth-order valence-corrected chi connectivity index (χ4v) is 4.58. The molecule has 0 aliphatic rings. The van der Waals surface area contributed by atoms with E-state index < -0.39 is 5.97 Å². The standard InChI is InChI=1S/C20H21ClN4O3S2/c1-4-14-10-15(19(27)28-5-2)18(30-14)22-16(26)11-29-20-24-23-17(25(20)3)12-7-6-8-13(21)9-12/h6-10H,4-5,11H2,1-3H3,(H,22,26). The summed E-state index contributed by atoms with van der Waals surface area (Å²) in [5, 5.41) is 12.9. The van der Waals surface area contributed by atoms with Gasteiger partial charge in [-0.3, -0.25) is 4.79 Å². The van der Waals surface area contributed by atoms with E-state index in [1.54, 1.807) is 19.1 Å². The number of halogens is 1. The summed E-state index contributed by atoms with van der Waals surface area (Å²) < 4.78 is 6.90. The number of ether oxygens (including phenoxy) is 1. The molecule has 0 saturated heterocycles. The number of benzene rings is 1. The molecule has 0 aliphatic carbocycles. The van der Waals surface area contributed by atoms with Gasteiger partial charge in [-0.05, 0) is 31.5 Å². The maximum atomic E-state index is 12.5. The Bertz CT molecular complexity index is 1060. The maximum Gasteiger partial charge on any atom is 0.341 e. The lowest BCUT2D eigenvalue weighted by Crippen LogP contribution is -2.16. The number of esters is 1. The first-order chi connectivity index (χ1) is 14.4. The van der Waals surface area contributed by atoms with Crippen molar-refractivity contribution in [2.45, 2.75) is 25.4 Å². The number of thiophene rings is 1. The van der Waals surface area contributed by atoms with E-state index in [-0.39, 0.29) is 18.3 Å². The van der Waals surface area contributed by atoms with E-state index in [0.717, 1.165) is 16.9 Å². The van der Waals surface area contributed by atoms with E-state index in [0.29, 0.717) is 26.6 Å². The van der Waals surface area contributed by atoms with Gasteiger partial charge in [-0.15, -0.1) is 21.5 Å². The molecule has 158 valence electrons. The summed E-state index contributed by atoms with van der Waals surface area (Å²) in [5.74, 6) is 0.123. The molecule has 0 atom stereocenters. The molecular weight excluding hydrogens is 444 g/mol. The number of aryl methyl sites for hydroxylation is 1. The minimum Gasteiger partial charge on any atom is -0.462 e. The molecule has 0 spiro atoms. The van der Waals surface area contributed by atoms with Crippen molar-refractivity contribution in [3.63, 3.8) is 0 Å². The van der Waals surface area contributed by atoms with Gasteiger partial charge in [0.1, 0.15) is 5.00 Å². The Balaban J connectivity index is 1.67. The summed E-state index contributed by atoms with van der Waals surface area (Å²) in [5.41, 5.74) is 1.23. The number of anilines is 1. The van der Waals surface area contributed by atoms with Crippen LogP contribution in [0.3, 0.4) is 0 Å². The van der Waals surface area contributed by atoms with Crippen molar-refractivity contribution >= 4 is 51.6 Å². The van der Waals surface area contributed by atoms with Crippen molar-refractivity contribution in [3.8, 4) is 11.4 Å². The largest absolute Gasteiger partial charge is 0.462 e. The summed E-state index contributed by atoms with van der Waals surface area (Å²) in [7, 11) is 1.84. The minimum atomic E-state index is -0.434. The van der Waals surface area contributed by atoms with E-state index in [2.05, 4.69) is 15.5 Å². The van der Waals surface area contributed by atoms with E-state index in [4.69, 9.17) is 16.3 Å². The molecule has 3 aromatic rings. The molecule has 30 heavy (non-hydrogen) atoms. The highest BCUT2D eigenvalue weighted by molar-refractivity contribution is 7.99. The molecule has 0 fully saturated rings. The van der Waals surface area contributed by atoms with Crippen LogP contribution in [-0.4, -0.2) is 39.0 Å². The Morgan fingerprint density at radius 2 is 2.07 bits per heavy atom. The molecule has 2 heterocycles. The van der Waals surface area contributed by atoms with Crippen molar-refractivity contribution in [3.05, 3.63) is 45.8 Å². The van der Waals surface area contributed by atoms with Gasteiger partial charge in [-0.1, -0.05) is 42.4 Å². The Kier molecular flexibility index (Phi) is 7.52. The summed E-state index contributed by atoms with van der Waals surface area (Å²) in [6.07, 6.45) is 0.771. The lowest BCUT2D eigenvalue weighted by Gasteiger charge is -2.06. The van der Waals surface area contributed by atoms with Crippen LogP contribution in [0.2, 0.25) is 5.02 Å². The summed E-state index contributed by atoms with van der Waals surface area (Å²) >= 11 is 8.70. The number of hydrogen-bond donors (Lipinski definition) is 1. The molecule has 0 bridgehead atoms. The van der Waals surface area contributed by atoms with Crippen LogP contribution in [0.25, 0.3) is 11.4 Å². The number of thioether (sulfide) groups is 1. The normalized spacial score (nSPS) is 10.8. The number of nitrogens with zero attached hydrogens (tertiary/aromatic N) is 3. The zero-order valence-corrected chi connectivity index (χ0v) is 19.2. The van der Waals surface area contributed by atoms with Gasteiger partial charge in [-0.25, -0.2) is 4.79 Å². The summed E-state index contributed by atoms with van der Waals surface area (Å²) in [4.78, 5) is 25.7. The lowest BCUT2D eigenvalue weighted by molar-refractivity contribution is -0.113. The van der Waals surface area contributed by atoms with Gasteiger partial charge < -0.3 is 14.6 Å². The Morgan fingerprint density at radius 3 is 2.77 bits per heavy atom. The van der Waals surface area contributed by atoms with Crippen molar-refractivity contribution in [1.82, 2.24) is 14.8 Å². The van der Waals surface area contributed by atoms with Gasteiger partial charge in [0, 0.05) is 22.5 Å². The smallest absolute Gasteiger partial charge is 0.341 e. The van der Waals surface area contributed by atoms with Crippen LogP contribution in [0.5, 0.6) is 0 Å². The maximum absolute atomic E-state index is 12.5. The third-order valence-corrected chi connectivity index (χ3v) is 6.58. The quantitative estimate of drug-likeness (QED) is 0.385. The average molecular weight is 465 g/mol. The molecule has 3 rings (SSSR count). The Morgan fingerprint density at radius 1 is 1.27 bits per heavy atom. The first kappa shape index (κ1) is 22.3. The molecule has 1 N–H and O–H groups in total. The van der Waals surface area contributed by atoms with Crippen LogP contribution >= 0.6 is 34.7 Å². The first-order valence-electron chi connectivity index (χ1n) is 9.30. The third kappa shape index (κ3) is 5.21. The van der Waals surface area contributed by atoms with E-state index in [9.17, 15) is 9.59 Å². The van der Waals surface area contributed by atoms with Gasteiger partial charge in [0.25, 0.3) is 0 Å². The molecule has 10 heteroatoms. The van der Waals surface area contributed by atoms with Gasteiger partial charge in [0.15, 0.2) is 11.0 Å². The minimum absolute atomic E-state index is 0.128. The van der Waals surface area contributed by atoms with E-state index in [1.165, 1.54) is 23.1 Å². The van der Waals surface area contributed by atoms with Gasteiger partial charge in [-0.2, -0.15) is 0 Å². The highest BCUT2D eigenvalue weighted by Crippen LogP contribution is 2.30. The molecular formula is C20H21ClN4O3S2. The molecule has 1 amide bonds. The van der Waals surface area contributed by atoms with Gasteiger partial charge in [0.2, 0.25) is 5.91 Å². The average Bonchev–Trinajstić information content (AvgIpc) is 3.30.